The standard InChI is InChI=1S/C76H48N8O4P4/c1-9-27-55-47(19-1)39-63-64-40-48-20-2-10-28-56(48)78(64)89(77(55)63)85-71-35-17-36-72(86-90-79-57-29-11-3-21-49(57)41-65(79)66-42-50-22-4-12-30-58(50)80(66)90)75(71)76-73(87-91-81-59-31-13-5-23-51(59)43-67(81)68-44-52-24-6-14-32-60(52)82(68)91)37-18-38-74(76)88-92-83-61-33-15-7-25-53(61)45-69(83)70-46-54-26-8-16-34-62(54)84(70)92/h1-7,9-25,27-46H,8,26H2. The Balaban J connectivity index is 0.880. The third kappa shape index (κ3) is 6.68. The van der Waals surface area contributed by atoms with Crippen molar-refractivity contribution in [3.8, 4) is 34.1 Å². The maximum atomic E-state index is 8.16. The summed E-state index contributed by atoms with van der Waals surface area (Å²) in [6.07, 6.45) is 6.56. The van der Waals surface area contributed by atoms with Crippen LogP contribution in [0.15, 0.2) is 261 Å². The lowest BCUT2D eigenvalue weighted by molar-refractivity contribution is 0.578. The quantitative estimate of drug-likeness (QED) is 0.144. The average molecular weight is 1260 g/mol. The van der Waals surface area contributed by atoms with Crippen LogP contribution < -0.4 is 18.1 Å². The summed E-state index contributed by atoms with van der Waals surface area (Å²) in [6, 6.07) is 92.2. The topological polar surface area (TPSA) is 72.2 Å². The largest absolute Gasteiger partial charge is 0.416 e. The number of aromatic nitrogens is 8. The molecule has 0 saturated carbocycles. The average Bonchev–Trinajstić information content (AvgIpc) is 1.58. The van der Waals surface area contributed by atoms with Gasteiger partial charge in [0.05, 0.1) is 99.6 Å². The molecule has 0 fully saturated rings. The Morgan fingerprint density at radius 1 is 0.239 bits per heavy atom. The molecule has 92 heavy (non-hydrogen) atoms. The summed E-state index contributed by atoms with van der Waals surface area (Å²) in [5, 5.41) is 8.09. The van der Waals surface area contributed by atoms with Crippen LogP contribution in [0, 0.1) is 0 Å². The van der Waals surface area contributed by atoms with Crippen LogP contribution in [0.25, 0.3) is 138 Å². The Morgan fingerprint density at radius 2 is 0.478 bits per heavy atom. The lowest BCUT2D eigenvalue weighted by Gasteiger charge is -2.21. The summed E-state index contributed by atoms with van der Waals surface area (Å²) >= 11 is 0. The number of benzene rings is 9. The van der Waals surface area contributed by atoms with Crippen LogP contribution in [0.5, 0.6) is 23.0 Å². The van der Waals surface area contributed by atoms with E-state index in [4.69, 9.17) is 18.1 Å². The van der Waals surface area contributed by atoms with E-state index in [1.165, 1.54) is 16.6 Å². The summed E-state index contributed by atoms with van der Waals surface area (Å²) in [7, 11) is -6.68. The van der Waals surface area contributed by atoms with E-state index in [0.29, 0.717) is 23.0 Å². The Labute approximate surface area is 526 Å². The molecule has 436 valence electrons. The minimum Gasteiger partial charge on any atom is -0.416 e. The van der Waals surface area contributed by atoms with E-state index in [0.717, 1.165) is 139 Å². The molecule has 12 heterocycles. The lowest BCUT2D eigenvalue weighted by atomic mass is 10.0. The molecule has 0 aliphatic heterocycles. The summed E-state index contributed by atoms with van der Waals surface area (Å²) in [6.45, 7) is 0. The Morgan fingerprint density at radius 3 is 0.750 bits per heavy atom. The van der Waals surface area contributed by atoms with Gasteiger partial charge in [-0.3, -0.25) is 33.3 Å². The van der Waals surface area contributed by atoms with E-state index in [1.807, 2.05) is 0 Å². The van der Waals surface area contributed by atoms with Crippen LogP contribution in [0.3, 0.4) is 0 Å². The van der Waals surface area contributed by atoms with Gasteiger partial charge in [-0.1, -0.05) is 146 Å². The fourth-order valence-electron chi connectivity index (χ4n) is 15.2. The van der Waals surface area contributed by atoms with Crippen LogP contribution in [0.1, 0.15) is 17.7 Å². The Bertz CT molecular complexity index is 6350. The van der Waals surface area contributed by atoms with E-state index in [-0.39, 0.29) is 0 Å². The minimum absolute atomic E-state index is 0.625. The Kier molecular flexibility index (Phi) is 10.0. The summed E-state index contributed by atoms with van der Waals surface area (Å²) in [4.78, 5) is 0. The second-order valence-corrected chi connectivity index (χ2v) is 30.1. The Hall–Kier alpha value is -10.8. The zero-order valence-electron chi connectivity index (χ0n) is 48.8. The van der Waals surface area contributed by atoms with Crippen molar-refractivity contribution >= 4 is 159 Å². The van der Waals surface area contributed by atoms with Crippen molar-refractivity contribution in [1.82, 2.24) is 33.3 Å². The predicted octanol–water partition coefficient (Wildman–Crippen LogP) is 21.7. The third-order valence-electron chi connectivity index (χ3n) is 19.1. The molecule has 21 aromatic rings. The van der Waals surface area contributed by atoms with Crippen LogP contribution in [0.4, 0.5) is 0 Å². The predicted molar refractivity (Wildman–Crippen MR) is 380 cm³/mol. The number of allylic oxidation sites excluding steroid dienone is 1. The normalized spacial score (nSPS) is 13.3. The summed E-state index contributed by atoms with van der Waals surface area (Å²) < 4.78 is 52.0. The van der Waals surface area contributed by atoms with Gasteiger partial charge < -0.3 is 18.1 Å². The maximum absolute atomic E-state index is 8.16. The number of fused-ring (bicyclic) bond motifs is 28. The van der Waals surface area contributed by atoms with Crippen LogP contribution in [-0.4, -0.2) is 33.3 Å². The highest BCUT2D eigenvalue weighted by Crippen LogP contribution is 2.58. The highest BCUT2D eigenvalue weighted by molar-refractivity contribution is 7.39. The molecular formula is C76H48N8O4P4. The highest BCUT2D eigenvalue weighted by Gasteiger charge is 2.32. The van der Waals surface area contributed by atoms with Gasteiger partial charge in [0.15, 0.2) is 0 Å². The maximum Gasteiger partial charge on any atom is 0.246 e. The SMILES string of the molecule is C1=Cc2c(cc3c4cc5ccccc5n4p(Oc4cccc(Op5n6c7ccccc7cc6c6cc7ccccc7n65)c4-c4c(Op5n6c7ccccc7cc6c6cc7ccccc7n65)cccc4Op4n5c6ccccc6cc5c5cc6ccccc6n54)n23)CC1. The molecule has 1 aliphatic rings. The van der Waals surface area contributed by atoms with Gasteiger partial charge in [-0.2, -0.15) is 0 Å². The molecule has 16 heteroatoms. The molecule has 0 spiro atoms. The summed E-state index contributed by atoms with van der Waals surface area (Å²) in [5.41, 5.74) is 20.6. The molecule has 1 aliphatic carbocycles. The fraction of sp³-hybridized carbons (Fsp3) is 0.0263. The third-order valence-corrected chi connectivity index (χ3v) is 26.7. The van der Waals surface area contributed by atoms with Crippen LogP contribution in [-0.2, 0) is 6.42 Å². The molecule has 1 unspecified atom stereocenters. The van der Waals surface area contributed by atoms with E-state index >= 15 is 0 Å². The molecule has 9 aromatic carbocycles. The van der Waals surface area contributed by atoms with Gasteiger partial charge >= 0.3 is 0 Å². The number of hydrogen-bond donors (Lipinski definition) is 0. The number of aryl methyl sites for hydroxylation is 1. The van der Waals surface area contributed by atoms with Gasteiger partial charge in [-0.05, 0) is 140 Å². The minimum atomic E-state index is -1.68. The number of para-hydroxylation sites is 7. The zero-order valence-corrected chi connectivity index (χ0v) is 52.4. The van der Waals surface area contributed by atoms with Gasteiger partial charge in [-0.15, -0.1) is 0 Å². The van der Waals surface area contributed by atoms with E-state index in [9.17, 15) is 0 Å². The monoisotopic (exact) mass is 1260 g/mol. The number of rotatable bonds is 9. The molecule has 0 saturated heterocycles. The first-order valence-electron chi connectivity index (χ1n) is 31.0. The molecular weight excluding hydrogens is 1210 g/mol. The van der Waals surface area contributed by atoms with Gasteiger partial charge in [-0.25, -0.2) is 0 Å². The first-order chi connectivity index (χ1) is 45.6. The van der Waals surface area contributed by atoms with Crippen molar-refractivity contribution in [3.05, 3.63) is 272 Å². The molecule has 0 bridgehead atoms. The molecule has 0 amide bonds. The highest BCUT2D eigenvalue weighted by atomic mass is 31.1. The van der Waals surface area contributed by atoms with Crippen molar-refractivity contribution in [2.24, 2.45) is 0 Å². The molecule has 1 atom stereocenters. The van der Waals surface area contributed by atoms with Crippen LogP contribution >= 0.6 is 32.3 Å². The van der Waals surface area contributed by atoms with E-state index < -0.39 is 32.3 Å². The fourth-order valence-corrected chi connectivity index (χ4v) is 23.5. The van der Waals surface area contributed by atoms with Gasteiger partial charge in [0.2, 0.25) is 32.3 Å². The second kappa shape index (κ2) is 18.4. The lowest BCUT2D eigenvalue weighted by Crippen LogP contribution is -2.00. The summed E-state index contributed by atoms with van der Waals surface area (Å²) in [5.74, 6) is 2.51. The first-order valence-corrected chi connectivity index (χ1v) is 35.7. The van der Waals surface area contributed by atoms with Crippen molar-refractivity contribution in [2.45, 2.75) is 12.8 Å². The smallest absolute Gasteiger partial charge is 0.246 e. The first kappa shape index (κ1) is 50.0. The van der Waals surface area contributed by atoms with Crippen molar-refractivity contribution in [2.75, 3.05) is 0 Å². The molecule has 22 rings (SSSR count). The van der Waals surface area contributed by atoms with Crippen molar-refractivity contribution < 1.29 is 18.1 Å². The van der Waals surface area contributed by atoms with E-state index in [1.54, 1.807) is 0 Å². The molecule has 0 N–H and O–H groups in total. The van der Waals surface area contributed by atoms with Crippen molar-refractivity contribution in [1.29, 1.82) is 0 Å². The van der Waals surface area contributed by atoms with Crippen molar-refractivity contribution in [3.63, 3.8) is 0 Å². The van der Waals surface area contributed by atoms with Gasteiger partial charge in [0.25, 0.3) is 0 Å². The van der Waals surface area contributed by atoms with Gasteiger partial charge in [0, 0.05) is 37.7 Å². The molecule has 12 nitrogen and oxygen atoms in total. The van der Waals surface area contributed by atoms with E-state index in [2.05, 4.69) is 300 Å². The molecule has 12 aromatic heterocycles. The number of nitrogens with zero attached hydrogens (tertiary/aromatic N) is 8. The second-order valence-electron chi connectivity index (χ2n) is 24.1. The van der Waals surface area contributed by atoms with Crippen LogP contribution in [0.2, 0.25) is 0 Å². The molecule has 0 radical (unpaired) electrons. The van der Waals surface area contributed by atoms with Gasteiger partial charge in [0.1, 0.15) is 23.0 Å². The zero-order chi connectivity index (χ0) is 59.6. The number of hydrogen-bond acceptors (Lipinski definition) is 4.